The van der Waals surface area contributed by atoms with Crippen LogP contribution in [0.4, 0.5) is 4.39 Å². The van der Waals surface area contributed by atoms with Gasteiger partial charge in [-0.05, 0) is 53.4 Å². The predicted octanol–water partition coefficient (Wildman–Crippen LogP) is 5.06. The molecule has 2 aromatic heterocycles. The summed E-state index contributed by atoms with van der Waals surface area (Å²) in [6, 6.07) is 21.6. The Hall–Kier alpha value is -3.78. The molecule has 5 rings (SSSR count). The molecule has 1 aliphatic heterocycles. The molecular formula is C27H22FN5O2S2. The van der Waals surface area contributed by atoms with Gasteiger partial charge in [0.05, 0.1) is 29.5 Å². The summed E-state index contributed by atoms with van der Waals surface area (Å²) in [6.45, 7) is 2.03. The van der Waals surface area contributed by atoms with Crippen molar-refractivity contribution in [3.8, 4) is 22.5 Å². The number of hydrogen-bond acceptors (Lipinski definition) is 8. The number of morpholine rings is 1. The number of thiophene rings is 1. The minimum Gasteiger partial charge on any atom is -0.378 e. The van der Waals surface area contributed by atoms with Crippen LogP contribution in [0, 0.1) is 17.1 Å². The number of Topliss-reactive ketones (excluding diaryl/α,β-unsaturated/α-hetero) is 1. The molecule has 0 radical (unpaired) electrons. The Balaban J connectivity index is 1.48. The van der Waals surface area contributed by atoms with Crippen LogP contribution < -0.4 is 0 Å². The number of nitrogens with zero attached hydrogens (tertiary/aromatic N) is 5. The third kappa shape index (κ3) is 5.49. The average Bonchev–Trinajstić information content (AvgIpc) is 3.62. The number of benzene rings is 2. The van der Waals surface area contributed by atoms with E-state index in [-0.39, 0.29) is 22.9 Å². The fraction of sp³-hybridized carbons (Fsp3) is 0.185. The summed E-state index contributed by atoms with van der Waals surface area (Å²) >= 11 is 2.79. The van der Waals surface area contributed by atoms with E-state index < -0.39 is 0 Å². The SMILES string of the molecule is N#CC(C(=O)CSc1nnc(-c2cccs2)n1-c1ccccc1)=C(c1ccc(F)cc1)N1CCOCC1. The van der Waals surface area contributed by atoms with Crippen LogP contribution in [0.5, 0.6) is 0 Å². The summed E-state index contributed by atoms with van der Waals surface area (Å²) in [5.74, 6) is -0.0359. The maximum atomic E-state index is 13.6. The maximum absolute atomic E-state index is 13.6. The van der Waals surface area contributed by atoms with Crippen LogP contribution in [0.15, 0.2) is 82.8 Å². The van der Waals surface area contributed by atoms with Gasteiger partial charge >= 0.3 is 0 Å². The molecule has 7 nitrogen and oxygen atoms in total. The number of nitriles is 1. The number of halogens is 1. The highest BCUT2D eigenvalue weighted by Gasteiger charge is 2.25. The van der Waals surface area contributed by atoms with Gasteiger partial charge in [0.15, 0.2) is 16.8 Å². The topological polar surface area (TPSA) is 84.0 Å². The van der Waals surface area contributed by atoms with E-state index in [1.54, 1.807) is 23.5 Å². The lowest BCUT2D eigenvalue weighted by molar-refractivity contribution is -0.112. The van der Waals surface area contributed by atoms with Gasteiger partial charge in [0.2, 0.25) is 0 Å². The van der Waals surface area contributed by atoms with Crippen molar-refractivity contribution in [2.75, 3.05) is 32.1 Å². The largest absolute Gasteiger partial charge is 0.378 e. The fourth-order valence-corrected chi connectivity index (χ4v) is 5.59. The lowest BCUT2D eigenvalue weighted by Crippen LogP contribution is -2.36. The van der Waals surface area contributed by atoms with Gasteiger partial charge in [0.25, 0.3) is 0 Å². The van der Waals surface area contributed by atoms with Gasteiger partial charge in [0.1, 0.15) is 17.5 Å². The highest BCUT2D eigenvalue weighted by Crippen LogP contribution is 2.31. The van der Waals surface area contributed by atoms with E-state index in [2.05, 4.69) is 16.3 Å². The number of thioether (sulfide) groups is 1. The summed E-state index contributed by atoms with van der Waals surface area (Å²) in [7, 11) is 0. The van der Waals surface area contributed by atoms with Crippen LogP contribution in [0.2, 0.25) is 0 Å². The van der Waals surface area contributed by atoms with Gasteiger partial charge in [-0.25, -0.2) is 4.39 Å². The lowest BCUT2D eigenvalue weighted by atomic mass is 10.0. The highest BCUT2D eigenvalue weighted by molar-refractivity contribution is 7.99. The van der Waals surface area contributed by atoms with Crippen molar-refractivity contribution >= 4 is 34.6 Å². The molecule has 0 unspecified atom stereocenters. The standard InChI is InChI=1S/C27H22FN5O2S2/c28-20-10-8-19(9-11-20)25(32-12-14-35-15-13-32)22(17-29)23(34)18-37-27-31-30-26(24-7-4-16-36-24)33(27)21-5-2-1-3-6-21/h1-11,16H,12-15,18H2. The van der Waals surface area contributed by atoms with Gasteiger partial charge in [-0.1, -0.05) is 36.0 Å². The average molecular weight is 532 g/mol. The number of carbonyl (C=O) groups is 1. The zero-order valence-corrected chi connectivity index (χ0v) is 21.3. The Labute approximate surface area is 221 Å². The molecule has 1 fully saturated rings. The van der Waals surface area contributed by atoms with Crippen molar-refractivity contribution in [1.82, 2.24) is 19.7 Å². The van der Waals surface area contributed by atoms with Crippen molar-refractivity contribution in [1.29, 1.82) is 5.26 Å². The number of ketones is 1. The Morgan fingerprint density at radius 2 is 1.81 bits per heavy atom. The minimum atomic E-state index is -0.382. The van der Waals surface area contributed by atoms with Crippen LogP contribution >= 0.6 is 23.1 Å². The first-order chi connectivity index (χ1) is 18.2. The van der Waals surface area contributed by atoms with Gasteiger partial charge < -0.3 is 9.64 Å². The van der Waals surface area contributed by atoms with Crippen LogP contribution in [0.3, 0.4) is 0 Å². The monoisotopic (exact) mass is 531 g/mol. The van der Waals surface area contributed by atoms with Gasteiger partial charge in [-0.2, -0.15) is 5.26 Å². The van der Waals surface area contributed by atoms with Crippen LogP contribution in [0.25, 0.3) is 22.1 Å². The molecule has 10 heteroatoms. The van der Waals surface area contributed by atoms with Crippen LogP contribution in [-0.2, 0) is 9.53 Å². The fourth-order valence-electron chi connectivity index (χ4n) is 4.07. The second kappa shape index (κ2) is 11.5. The number of para-hydroxylation sites is 1. The first-order valence-electron chi connectivity index (χ1n) is 11.6. The highest BCUT2D eigenvalue weighted by atomic mass is 32.2. The molecule has 0 amide bonds. The second-order valence-corrected chi connectivity index (χ2v) is 10.00. The van der Waals surface area contributed by atoms with Crippen LogP contribution in [0.1, 0.15) is 5.56 Å². The summed E-state index contributed by atoms with van der Waals surface area (Å²) in [4.78, 5) is 16.4. The number of allylic oxidation sites excluding steroid dienone is 1. The second-order valence-electron chi connectivity index (χ2n) is 8.11. The molecule has 2 aromatic carbocycles. The number of rotatable bonds is 8. The zero-order chi connectivity index (χ0) is 25.6. The third-order valence-corrected chi connectivity index (χ3v) is 7.59. The van der Waals surface area contributed by atoms with Crippen molar-refractivity contribution in [2.45, 2.75) is 5.16 Å². The van der Waals surface area contributed by atoms with Crippen molar-refractivity contribution in [3.05, 3.63) is 89.1 Å². The molecule has 3 heterocycles. The molecular weight excluding hydrogens is 509 g/mol. The molecule has 0 bridgehead atoms. The molecule has 0 N–H and O–H groups in total. The zero-order valence-electron chi connectivity index (χ0n) is 19.7. The predicted molar refractivity (Wildman–Crippen MR) is 142 cm³/mol. The Kier molecular flexibility index (Phi) is 7.75. The molecule has 0 spiro atoms. The summed E-state index contributed by atoms with van der Waals surface area (Å²) in [6.07, 6.45) is 0. The Morgan fingerprint density at radius 3 is 2.49 bits per heavy atom. The van der Waals surface area contributed by atoms with E-state index in [9.17, 15) is 14.4 Å². The maximum Gasteiger partial charge on any atom is 0.196 e. The lowest BCUT2D eigenvalue weighted by Gasteiger charge is -2.32. The number of hydrogen-bond donors (Lipinski definition) is 0. The molecule has 1 saturated heterocycles. The van der Waals surface area contributed by atoms with Gasteiger partial charge in [-0.3, -0.25) is 9.36 Å². The van der Waals surface area contributed by atoms with Crippen molar-refractivity contribution in [3.63, 3.8) is 0 Å². The Morgan fingerprint density at radius 1 is 1.05 bits per heavy atom. The van der Waals surface area contributed by atoms with E-state index in [4.69, 9.17) is 4.74 Å². The molecule has 4 aromatic rings. The smallest absolute Gasteiger partial charge is 0.196 e. The molecule has 0 aliphatic carbocycles. The van der Waals surface area contributed by atoms with Crippen molar-refractivity contribution in [2.24, 2.45) is 0 Å². The van der Waals surface area contributed by atoms with E-state index in [1.807, 2.05) is 57.3 Å². The number of ether oxygens (including phenoxy) is 1. The van der Waals surface area contributed by atoms with Gasteiger partial charge in [0, 0.05) is 18.8 Å². The van der Waals surface area contributed by atoms with E-state index in [0.29, 0.717) is 48.5 Å². The van der Waals surface area contributed by atoms with E-state index in [1.165, 1.54) is 23.9 Å². The van der Waals surface area contributed by atoms with Crippen LogP contribution in [-0.4, -0.2) is 57.5 Å². The first kappa shape index (κ1) is 24.9. The summed E-state index contributed by atoms with van der Waals surface area (Å²) in [5.41, 5.74) is 2.03. The molecule has 186 valence electrons. The Bertz CT molecular complexity index is 1440. The molecule has 37 heavy (non-hydrogen) atoms. The minimum absolute atomic E-state index is 0.00661. The number of carbonyl (C=O) groups excluding carboxylic acids is 1. The molecule has 0 atom stereocenters. The van der Waals surface area contributed by atoms with E-state index in [0.717, 1.165) is 10.6 Å². The number of aromatic nitrogens is 3. The van der Waals surface area contributed by atoms with Crippen molar-refractivity contribution < 1.29 is 13.9 Å². The van der Waals surface area contributed by atoms with Gasteiger partial charge in [-0.15, -0.1) is 21.5 Å². The molecule has 0 saturated carbocycles. The third-order valence-electron chi connectivity index (χ3n) is 5.79. The molecule has 1 aliphatic rings. The summed E-state index contributed by atoms with van der Waals surface area (Å²) < 4.78 is 21.0. The summed E-state index contributed by atoms with van der Waals surface area (Å²) in [5, 5.41) is 21.4. The first-order valence-corrected chi connectivity index (χ1v) is 13.5. The van der Waals surface area contributed by atoms with E-state index >= 15 is 0 Å². The quantitative estimate of drug-likeness (QED) is 0.178. The normalized spacial score (nSPS) is 14.2.